The first-order valence-electron chi connectivity index (χ1n) is 5.24. The molecule has 0 aromatic heterocycles. The summed E-state index contributed by atoms with van der Waals surface area (Å²) in [5.41, 5.74) is 0.586. The van der Waals surface area contributed by atoms with E-state index in [1.165, 1.54) is 38.9 Å². The first kappa shape index (κ1) is 8.52. The average molecular weight is 168 g/mol. The van der Waals surface area contributed by atoms with E-state index in [9.17, 15) is 0 Å². The Kier molecular flexibility index (Phi) is 2.13. The van der Waals surface area contributed by atoms with E-state index >= 15 is 0 Å². The van der Waals surface area contributed by atoms with Crippen LogP contribution in [0.1, 0.15) is 33.1 Å². The van der Waals surface area contributed by atoms with Crippen LogP contribution in [0.25, 0.3) is 0 Å². The molecule has 1 aliphatic carbocycles. The molecule has 1 unspecified atom stereocenters. The normalized spacial score (nSPS) is 35.0. The molecule has 2 rings (SSSR count). The first-order chi connectivity index (χ1) is 5.76. The minimum absolute atomic E-state index is 0.586. The number of hydrogen-bond donors (Lipinski definition) is 1. The van der Waals surface area contributed by atoms with Crippen LogP contribution in [0, 0.1) is 0 Å². The van der Waals surface area contributed by atoms with Crippen molar-refractivity contribution >= 4 is 0 Å². The zero-order chi connectivity index (χ0) is 8.60. The van der Waals surface area contributed by atoms with E-state index in [0.717, 1.165) is 6.04 Å². The summed E-state index contributed by atoms with van der Waals surface area (Å²) < 4.78 is 0. The highest BCUT2D eigenvalue weighted by molar-refractivity contribution is 5.03. The summed E-state index contributed by atoms with van der Waals surface area (Å²) in [6, 6.07) is 0.797. The van der Waals surface area contributed by atoms with Crippen molar-refractivity contribution in [3.63, 3.8) is 0 Å². The number of nitrogens with one attached hydrogen (secondary N) is 1. The van der Waals surface area contributed by atoms with Crippen LogP contribution in [0.3, 0.4) is 0 Å². The molecule has 70 valence electrons. The molecule has 1 atom stereocenters. The Morgan fingerprint density at radius 1 is 1.50 bits per heavy atom. The summed E-state index contributed by atoms with van der Waals surface area (Å²) in [5.74, 6) is 0. The van der Waals surface area contributed by atoms with Crippen molar-refractivity contribution in [2.24, 2.45) is 0 Å². The van der Waals surface area contributed by atoms with E-state index in [0.29, 0.717) is 5.54 Å². The standard InChI is InChI=1S/C10H20N2/c1-3-9-8-11-6-7-12(9)10(2)4-5-10/h9,11H,3-8H2,1-2H3. The number of piperazine rings is 1. The fourth-order valence-corrected chi connectivity index (χ4v) is 2.30. The minimum atomic E-state index is 0.586. The predicted molar refractivity (Wildman–Crippen MR) is 51.3 cm³/mol. The van der Waals surface area contributed by atoms with Crippen LogP contribution in [0.2, 0.25) is 0 Å². The monoisotopic (exact) mass is 168 g/mol. The summed E-state index contributed by atoms with van der Waals surface area (Å²) >= 11 is 0. The van der Waals surface area contributed by atoms with Gasteiger partial charge in [-0.2, -0.15) is 0 Å². The second-order valence-corrected chi connectivity index (χ2v) is 4.46. The van der Waals surface area contributed by atoms with Gasteiger partial charge in [0.05, 0.1) is 0 Å². The van der Waals surface area contributed by atoms with Gasteiger partial charge in [0.15, 0.2) is 0 Å². The molecule has 2 heteroatoms. The van der Waals surface area contributed by atoms with Gasteiger partial charge in [0.1, 0.15) is 0 Å². The van der Waals surface area contributed by atoms with Crippen molar-refractivity contribution in [1.82, 2.24) is 10.2 Å². The maximum atomic E-state index is 3.47. The van der Waals surface area contributed by atoms with Gasteiger partial charge in [-0.1, -0.05) is 6.92 Å². The molecule has 0 amide bonds. The molecular weight excluding hydrogens is 148 g/mol. The molecule has 0 aromatic rings. The Morgan fingerprint density at radius 2 is 2.25 bits per heavy atom. The van der Waals surface area contributed by atoms with Gasteiger partial charge in [0.2, 0.25) is 0 Å². The van der Waals surface area contributed by atoms with Crippen LogP contribution in [0.4, 0.5) is 0 Å². The molecule has 2 fully saturated rings. The lowest BCUT2D eigenvalue weighted by Gasteiger charge is -2.40. The molecule has 1 aliphatic heterocycles. The number of nitrogens with zero attached hydrogens (tertiary/aromatic N) is 1. The Labute approximate surface area is 75.3 Å². The molecular formula is C10H20N2. The van der Waals surface area contributed by atoms with Crippen molar-refractivity contribution in [1.29, 1.82) is 0 Å². The van der Waals surface area contributed by atoms with Gasteiger partial charge in [0.25, 0.3) is 0 Å². The Hall–Kier alpha value is -0.0800. The van der Waals surface area contributed by atoms with Crippen LogP contribution in [0.15, 0.2) is 0 Å². The Bertz CT molecular complexity index is 163. The maximum Gasteiger partial charge on any atom is 0.0223 e. The highest BCUT2D eigenvalue weighted by Gasteiger charge is 2.45. The highest BCUT2D eigenvalue weighted by Crippen LogP contribution is 2.42. The van der Waals surface area contributed by atoms with Gasteiger partial charge in [0, 0.05) is 31.2 Å². The third kappa shape index (κ3) is 1.38. The SMILES string of the molecule is CCC1CNCCN1C1(C)CC1. The third-order valence-electron chi connectivity index (χ3n) is 3.49. The zero-order valence-electron chi connectivity index (χ0n) is 8.27. The van der Waals surface area contributed by atoms with Gasteiger partial charge in [-0.05, 0) is 26.2 Å². The topological polar surface area (TPSA) is 15.3 Å². The Balaban J connectivity index is 2.00. The average Bonchev–Trinajstić information content (AvgIpc) is 2.85. The lowest BCUT2D eigenvalue weighted by molar-refractivity contribution is 0.0977. The van der Waals surface area contributed by atoms with E-state index in [-0.39, 0.29) is 0 Å². The summed E-state index contributed by atoms with van der Waals surface area (Å²) in [5, 5.41) is 3.47. The molecule has 2 aliphatic rings. The summed E-state index contributed by atoms with van der Waals surface area (Å²) in [4.78, 5) is 2.73. The van der Waals surface area contributed by atoms with Gasteiger partial charge >= 0.3 is 0 Å². The number of rotatable bonds is 2. The van der Waals surface area contributed by atoms with Crippen molar-refractivity contribution in [2.75, 3.05) is 19.6 Å². The van der Waals surface area contributed by atoms with Gasteiger partial charge < -0.3 is 5.32 Å². The summed E-state index contributed by atoms with van der Waals surface area (Å²) in [7, 11) is 0. The highest BCUT2D eigenvalue weighted by atomic mass is 15.3. The van der Waals surface area contributed by atoms with E-state index in [4.69, 9.17) is 0 Å². The van der Waals surface area contributed by atoms with Crippen LogP contribution < -0.4 is 5.32 Å². The molecule has 0 bridgehead atoms. The molecule has 12 heavy (non-hydrogen) atoms. The molecule has 1 saturated carbocycles. The number of hydrogen-bond acceptors (Lipinski definition) is 2. The van der Waals surface area contributed by atoms with Crippen LogP contribution >= 0.6 is 0 Å². The van der Waals surface area contributed by atoms with Crippen LogP contribution in [-0.4, -0.2) is 36.1 Å². The maximum absolute atomic E-state index is 3.47. The van der Waals surface area contributed by atoms with E-state index < -0.39 is 0 Å². The van der Waals surface area contributed by atoms with E-state index in [1.807, 2.05) is 0 Å². The van der Waals surface area contributed by atoms with Gasteiger partial charge in [-0.25, -0.2) is 0 Å². The lowest BCUT2D eigenvalue weighted by atomic mass is 10.1. The predicted octanol–water partition coefficient (Wildman–Crippen LogP) is 1.22. The minimum Gasteiger partial charge on any atom is -0.314 e. The molecule has 0 radical (unpaired) electrons. The second-order valence-electron chi connectivity index (χ2n) is 4.46. The molecule has 0 aromatic carbocycles. The largest absolute Gasteiger partial charge is 0.314 e. The quantitative estimate of drug-likeness (QED) is 0.667. The van der Waals surface area contributed by atoms with Crippen LogP contribution in [0.5, 0.6) is 0 Å². The van der Waals surface area contributed by atoms with Crippen molar-refractivity contribution in [3.8, 4) is 0 Å². The molecule has 1 N–H and O–H groups in total. The third-order valence-corrected chi connectivity index (χ3v) is 3.49. The van der Waals surface area contributed by atoms with Crippen molar-refractivity contribution in [2.45, 2.75) is 44.7 Å². The molecule has 0 spiro atoms. The van der Waals surface area contributed by atoms with E-state index in [1.54, 1.807) is 0 Å². The summed E-state index contributed by atoms with van der Waals surface area (Å²) in [6.45, 7) is 8.37. The summed E-state index contributed by atoms with van der Waals surface area (Å²) in [6.07, 6.45) is 4.13. The van der Waals surface area contributed by atoms with Gasteiger partial charge in [-0.3, -0.25) is 4.90 Å². The first-order valence-corrected chi connectivity index (χ1v) is 5.24. The zero-order valence-corrected chi connectivity index (χ0v) is 8.27. The van der Waals surface area contributed by atoms with Crippen LogP contribution in [-0.2, 0) is 0 Å². The van der Waals surface area contributed by atoms with E-state index in [2.05, 4.69) is 24.1 Å². The lowest BCUT2D eigenvalue weighted by Crippen LogP contribution is -2.55. The smallest absolute Gasteiger partial charge is 0.0223 e. The molecule has 1 saturated heterocycles. The van der Waals surface area contributed by atoms with Gasteiger partial charge in [-0.15, -0.1) is 0 Å². The second kappa shape index (κ2) is 3.00. The fourth-order valence-electron chi connectivity index (χ4n) is 2.30. The Morgan fingerprint density at radius 3 is 2.83 bits per heavy atom. The van der Waals surface area contributed by atoms with Crippen molar-refractivity contribution < 1.29 is 0 Å². The van der Waals surface area contributed by atoms with Crippen molar-refractivity contribution in [3.05, 3.63) is 0 Å². The molecule has 1 heterocycles. The molecule has 2 nitrogen and oxygen atoms in total. The fraction of sp³-hybridized carbons (Fsp3) is 1.00.